The van der Waals surface area contributed by atoms with Crippen molar-refractivity contribution in [3.63, 3.8) is 0 Å². The quantitative estimate of drug-likeness (QED) is 0.341. The lowest BCUT2D eigenvalue weighted by Crippen LogP contribution is -2.22. The Hall–Kier alpha value is -4.11. The third-order valence-electron chi connectivity index (χ3n) is 6.83. The molecule has 1 N–H and O–H groups in total. The van der Waals surface area contributed by atoms with Gasteiger partial charge >= 0.3 is 6.61 Å². The monoisotopic (exact) mass is 502 g/mol. The fraction of sp³-hybridized carbons (Fsp3) is 0.250. The van der Waals surface area contributed by atoms with E-state index in [0.29, 0.717) is 34.6 Å². The number of nitrogens with zero attached hydrogens (tertiary/aromatic N) is 4. The van der Waals surface area contributed by atoms with E-state index in [4.69, 9.17) is 4.98 Å². The molecule has 6 rings (SSSR count). The molecule has 0 radical (unpaired) electrons. The predicted octanol–water partition coefficient (Wildman–Crippen LogP) is 4.95. The first-order valence-corrected chi connectivity index (χ1v) is 12.1. The van der Waals surface area contributed by atoms with Crippen molar-refractivity contribution in [3.8, 4) is 22.7 Å². The first kappa shape index (κ1) is 23.3. The van der Waals surface area contributed by atoms with Crippen molar-refractivity contribution in [1.29, 1.82) is 0 Å². The van der Waals surface area contributed by atoms with Gasteiger partial charge < -0.3 is 14.4 Å². The molecule has 7 nitrogen and oxygen atoms in total. The van der Waals surface area contributed by atoms with Gasteiger partial charge in [0.25, 0.3) is 5.56 Å². The second-order valence-corrected chi connectivity index (χ2v) is 9.26. The molecule has 0 spiro atoms. The topological polar surface area (TPSA) is 82.2 Å². The minimum Gasteiger partial charge on any atom is -0.435 e. The molecule has 1 aliphatic rings. The Morgan fingerprint density at radius 2 is 1.73 bits per heavy atom. The number of hydrogen-bond acceptors (Lipinski definition) is 5. The van der Waals surface area contributed by atoms with Gasteiger partial charge in [0.1, 0.15) is 17.3 Å². The van der Waals surface area contributed by atoms with Gasteiger partial charge in [0.2, 0.25) is 0 Å². The molecule has 2 aromatic heterocycles. The summed E-state index contributed by atoms with van der Waals surface area (Å²) in [5.41, 5.74) is 5.17. The predicted molar refractivity (Wildman–Crippen MR) is 136 cm³/mol. The maximum atomic E-state index is 14.0. The van der Waals surface area contributed by atoms with Crippen LogP contribution in [0.3, 0.4) is 0 Å². The van der Waals surface area contributed by atoms with E-state index in [2.05, 4.69) is 15.8 Å². The number of fused-ring (bicyclic) bond motifs is 2. The Kier molecular flexibility index (Phi) is 5.72. The SMILES string of the molecule is Cn1c(CCO)nc2ccc(-c3nc4ccc(C5CC5)cc4n(-c4ccc(OC(F)F)cc4)c3=O)cc21. The molecule has 1 aliphatic carbocycles. The van der Waals surface area contributed by atoms with Crippen molar-refractivity contribution in [2.24, 2.45) is 7.05 Å². The average molecular weight is 503 g/mol. The van der Waals surface area contributed by atoms with Gasteiger partial charge in [-0.1, -0.05) is 12.1 Å². The second kappa shape index (κ2) is 9.08. The Morgan fingerprint density at radius 3 is 2.43 bits per heavy atom. The summed E-state index contributed by atoms with van der Waals surface area (Å²) < 4.78 is 33.3. The molecular formula is C28H24F2N4O3. The van der Waals surface area contributed by atoms with E-state index in [9.17, 15) is 18.7 Å². The first-order valence-electron chi connectivity index (χ1n) is 12.1. The van der Waals surface area contributed by atoms with E-state index in [-0.39, 0.29) is 23.6 Å². The number of hydrogen-bond donors (Lipinski definition) is 1. The van der Waals surface area contributed by atoms with Gasteiger partial charge in [-0.3, -0.25) is 9.36 Å². The van der Waals surface area contributed by atoms with Crippen LogP contribution in [0, 0.1) is 0 Å². The molecule has 0 atom stereocenters. The molecule has 5 aromatic rings. The molecular weight excluding hydrogens is 478 g/mol. The summed E-state index contributed by atoms with van der Waals surface area (Å²) in [6, 6.07) is 17.6. The fourth-order valence-corrected chi connectivity index (χ4v) is 4.80. The van der Waals surface area contributed by atoms with E-state index in [1.807, 2.05) is 41.9 Å². The number of benzene rings is 3. The number of rotatable bonds is 7. The Bertz CT molecular complexity index is 1690. The maximum Gasteiger partial charge on any atom is 0.387 e. The van der Waals surface area contributed by atoms with Crippen LogP contribution in [0.4, 0.5) is 8.78 Å². The molecule has 1 fully saturated rings. The second-order valence-electron chi connectivity index (χ2n) is 9.26. The lowest BCUT2D eigenvalue weighted by Gasteiger charge is -2.14. The van der Waals surface area contributed by atoms with Crippen LogP contribution < -0.4 is 10.3 Å². The summed E-state index contributed by atoms with van der Waals surface area (Å²) >= 11 is 0. The summed E-state index contributed by atoms with van der Waals surface area (Å²) in [5.74, 6) is 1.25. The van der Waals surface area contributed by atoms with Gasteiger partial charge in [-0.25, -0.2) is 9.97 Å². The zero-order chi connectivity index (χ0) is 25.7. The highest BCUT2D eigenvalue weighted by Crippen LogP contribution is 2.41. The molecule has 37 heavy (non-hydrogen) atoms. The normalized spacial score (nSPS) is 13.6. The minimum absolute atomic E-state index is 0.00898. The number of aryl methyl sites for hydroxylation is 1. The summed E-state index contributed by atoms with van der Waals surface area (Å²) in [5, 5.41) is 9.34. The third kappa shape index (κ3) is 4.25. The number of imidazole rings is 1. The van der Waals surface area contributed by atoms with Crippen LogP contribution >= 0.6 is 0 Å². The van der Waals surface area contributed by atoms with E-state index < -0.39 is 6.61 Å². The fourth-order valence-electron chi connectivity index (χ4n) is 4.80. The van der Waals surface area contributed by atoms with Crippen molar-refractivity contribution >= 4 is 22.1 Å². The van der Waals surface area contributed by atoms with E-state index in [1.165, 1.54) is 12.1 Å². The van der Waals surface area contributed by atoms with Crippen LogP contribution in [0.15, 0.2) is 65.5 Å². The molecule has 0 bridgehead atoms. The van der Waals surface area contributed by atoms with E-state index >= 15 is 0 Å². The number of alkyl halides is 2. The van der Waals surface area contributed by atoms with Gasteiger partial charge in [0.15, 0.2) is 0 Å². The van der Waals surface area contributed by atoms with Gasteiger partial charge in [-0.05, 0) is 72.9 Å². The number of halogens is 2. The molecule has 3 aromatic carbocycles. The van der Waals surface area contributed by atoms with E-state index in [1.54, 1.807) is 16.7 Å². The van der Waals surface area contributed by atoms with Crippen molar-refractivity contribution < 1.29 is 18.6 Å². The van der Waals surface area contributed by atoms with Crippen LogP contribution in [0.5, 0.6) is 5.75 Å². The lowest BCUT2D eigenvalue weighted by molar-refractivity contribution is -0.0498. The van der Waals surface area contributed by atoms with Gasteiger partial charge in [0, 0.05) is 24.7 Å². The number of aliphatic hydroxyl groups excluding tert-OH is 1. The van der Waals surface area contributed by atoms with Crippen molar-refractivity contribution in [3.05, 3.63) is 82.4 Å². The number of ether oxygens (including phenoxy) is 1. The first-order chi connectivity index (χ1) is 17.9. The summed E-state index contributed by atoms with van der Waals surface area (Å²) in [7, 11) is 1.87. The lowest BCUT2D eigenvalue weighted by atomic mass is 10.1. The summed E-state index contributed by atoms with van der Waals surface area (Å²) in [6.45, 7) is -2.94. The largest absolute Gasteiger partial charge is 0.435 e. The molecule has 0 unspecified atom stereocenters. The molecule has 0 aliphatic heterocycles. The van der Waals surface area contributed by atoms with Crippen LogP contribution in [-0.4, -0.2) is 37.4 Å². The molecule has 2 heterocycles. The Morgan fingerprint density at radius 1 is 1.00 bits per heavy atom. The van der Waals surface area contributed by atoms with Crippen LogP contribution in [-0.2, 0) is 13.5 Å². The van der Waals surface area contributed by atoms with Crippen LogP contribution in [0.25, 0.3) is 39.0 Å². The van der Waals surface area contributed by atoms with E-state index in [0.717, 1.165) is 35.3 Å². The average Bonchev–Trinajstić information content (AvgIpc) is 3.69. The van der Waals surface area contributed by atoms with Crippen molar-refractivity contribution in [1.82, 2.24) is 19.1 Å². The smallest absolute Gasteiger partial charge is 0.387 e. The van der Waals surface area contributed by atoms with Gasteiger partial charge in [-0.2, -0.15) is 8.78 Å². The standard InChI is InChI=1S/C28H24F2N4O3/c1-33-23-15-18(5-11-21(23)31-25(33)12-13-35)26-27(36)34(19-6-8-20(9-7-19)37-28(29)30)24-14-17(16-2-3-16)4-10-22(24)32-26/h4-11,14-16,28,35H,2-3,12-13H2,1H3. The zero-order valence-electron chi connectivity index (χ0n) is 20.1. The Labute approximate surface area is 210 Å². The summed E-state index contributed by atoms with van der Waals surface area (Å²) in [4.78, 5) is 23.3. The maximum absolute atomic E-state index is 14.0. The molecule has 9 heteroatoms. The Balaban J connectivity index is 1.55. The highest BCUT2D eigenvalue weighted by Gasteiger charge is 2.25. The number of aromatic nitrogens is 4. The van der Waals surface area contributed by atoms with Gasteiger partial charge in [-0.15, -0.1) is 0 Å². The third-order valence-corrected chi connectivity index (χ3v) is 6.83. The molecule has 1 saturated carbocycles. The highest BCUT2D eigenvalue weighted by molar-refractivity contribution is 5.85. The minimum atomic E-state index is -2.93. The number of aliphatic hydroxyl groups is 1. The van der Waals surface area contributed by atoms with Gasteiger partial charge in [0.05, 0.1) is 28.7 Å². The van der Waals surface area contributed by atoms with Crippen LogP contribution in [0.2, 0.25) is 0 Å². The molecule has 188 valence electrons. The highest BCUT2D eigenvalue weighted by atomic mass is 19.3. The van der Waals surface area contributed by atoms with Crippen molar-refractivity contribution in [2.45, 2.75) is 31.8 Å². The summed E-state index contributed by atoms with van der Waals surface area (Å²) in [6.07, 6.45) is 2.66. The molecule has 0 amide bonds. The van der Waals surface area contributed by atoms with Crippen LogP contribution in [0.1, 0.15) is 30.1 Å². The molecule has 0 saturated heterocycles. The van der Waals surface area contributed by atoms with Crippen molar-refractivity contribution in [2.75, 3.05) is 6.61 Å². The zero-order valence-corrected chi connectivity index (χ0v) is 20.1.